The first kappa shape index (κ1) is 14.3. The van der Waals surface area contributed by atoms with Gasteiger partial charge in [0.2, 0.25) is 0 Å². The van der Waals surface area contributed by atoms with Crippen LogP contribution in [0.1, 0.15) is 20.8 Å². The Labute approximate surface area is 79.6 Å². The van der Waals surface area contributed by atoms with Crippen LogP contribution in [0.5, 0.6) is 0 Å². The van der Waals surface area contributed by atoms with Gasteiger partial charge in [0, 0.05) is 11.6 Å². The normalized spacial score (nSPS) is 8.83. The molecule has 0 aromatic heterocycles. The number of ether oxygens (including phenoxy) is 1. The molecule has 0 unspecified atom stereocenters. The summed E-state index contributed by atoms with van der Waals surface area (Å²) in [6, 6.07) is 0. The fourth-order valence-electron chi connectivity index (χ4n) is 0.671. The van der Waals surface area contributed by atoms with Crippen molar-refractivity contribution in [1.82, 2.24) is 4.90 Å². The highest BCUT2D eigenvalue weighted by molar-refractivity contribution is 6.61. The van der Waals surface area contributed by atoms with Crippen LogP contribution in [0, 0.1) is 0 Å². The lowest BCUT2D eigenvalue weighted by atomic mass is 10.5. The van der Waals surface area contributed by atoms with Crippen LogP contribution in [0.3, 0.4) is 0 Å². The van der Waals surface area contributed by atoms with E-state index >= 15 is 0 Å². The zero-order valence-electron chi connectivity index (χ0n) is 8.26. The Bertz CT molecular complexity index is 99.7. The third-order valence-electron chi connectivity index (χ3n) is 1.50. The SMILES string of the molecule is CCN(CC)CC.COC(=O)Cl. The van der Waals surface area contributed by atoms with E-state index in [0.717, 1.165) is 0 Å². The predicted octanol–water partition coefficient (Wildman–Crippen LogP) is 2.34. The van der Waals surface area contributed by atoms with Crippen molar-refractivity contribution in [2.24, 2.45) is 0 Å². The highest BCUT2D eigenvalue weighted by Gasteiger charge is 1.89. The van der Waals surface area contributed by atoms with Gasteiger partial charge in [0.1, 0.15) is 0 Å². The van der Waals surface area contributed by atoms with Crippen molar-refractivity contribution in [1.29, 1.82) is 0 Å². The molecule has 0 N–H and O–H groups in total. The summed E-state index contributed by atoms with van der Waals surface area (Å²) in [6.07, 6.45) is 0. The van der Waals surface area contributed by atoms with Crippen molar-refractivity contribution in [2.45, 2.75) is 20.8 Å². The summed E-state index contributed by atoms with van der Waals surface area (Å²) in [6.45, 7) is 10.1. The van der Waals surface area contributed by atoms with E-state index in [-0.39, 0.29) is 0 Å². The van der Waals surface area contributed by atoms with Crippen molar-refractivity contribution < 1.29 is 9.53 Å². The van der Waals surface area contributed by atoms with E-state index in [1.807, 2.05) is 0 Å². The molecular weight excluding hydrogens is 178 g/mol. The second-order valence-corrected chi connectivity index (χ2v) is 2.37. The second-order valence-electron chi connectivity index (χ2n) is 2.06. The van der Waals surface area contributed by atoms with Gasteiger partial charge in [-0.15, -0.1) is 0 Å². The van der Waals surface area contributed by atoms with Crippen molar-refractivity contribution in [3.63, 3.8) is 0 Å². The van der Waals surface area contributed by atoms with Crippen LogP contribution in [0.2, 0.25) is 0 Å². The Balaban J connectivity index is 0. The van der Waals surface area contributed by atoms with Crippen molar-refractivity contribution in [2.75, 3.05) is 26.7 Å². The Hall–Kier alpha value is -0.280. The highest BCUT2D eigenvalue weighted by Crippen LogP contribution is 1.81. The molecule has 0 saturated heterocycles. The van der Waals surface area contributed by atoms with E-state index < -0.39 is 5.43 Å². The first-order valence-corrected chi connectivity index (χ1v) is 4.45. The van der Waals surface area contributed by atoms with Gasteiger partial charge in [-0.05, 0) is 19.6 Å². The summed E-state index contributed by atoms with van der Waals surface area (Å²) >= 11 is 4.60. The quantitative estimate of drug-likeness (QED) is 0.648. The van der Waals surface area contributed by atoms with Gasteiger partial charge in [0.25, 0.3) is 0 Å². The lowest BCUT2D eigenvalue weighted by Crippen LogP contribution is -2.21. The molecule has 0 radical (unpaired) electrons. The van der Waals surface area contributed by atoms with Crippen LogP contribution in [0.4, 0.5) is 4.79 Å². The molecule has 74 valence electrons. The Kier molecular flexibility index (Phi) is 12.7. The number of halogens is 1. The number of carbonyl (C=O) groups is 1. The average molecular weight is 196 g/mol. The highest BCUT2D eigenvalue weighted by atomic mass is 35.5. The number of hydrogen-bond acceptors (Lipinski definition) is 3. The van der Waals surface area contributed by atoms with Gasteiger partial charge in [-0.25, -0.2) is 4.79 Å². The van der Waals surface area contributed by atoms with Gasteiger partial charge < -0.3 is 9.64 Å². The largest absolute Gasteiger partial charge is 0.457 e. The molecule has 0 saturated carbocycles. The van der Waals surface area contributed by atoms with Crippen molar-refractivity contribution in [3.8, 4) is 0 Å². The van der Waals surface area contributed by atoms with Crippen molar-refractivity contribution >= 4 is 17.0 Å². The molecule has 0 aliphatic rings. The minimum atomic E-state index is -0.773. The topological polar surface area (TPSA) is 29.5 Å². The molecule has 0 spiro atoms. The fraction of sp³-hybridized carbons (Fsp3) is 0.875. The molecule has 0 atom stereocenters. The standard InChI is InChI=1S/C6H15N.C2H3ClO2/c1-4-7(5-2)6-3;1-5-2(3)4/h4-6H2,1-3H3;1H3. The van der Waals surface area contributed by atoms with E-state index in [9.17, 15) is 4.79 Å². The monoisotopic (exact) mass is 195 g/mol. The number of hydrogen-bond donors (Lipinski definition) is 0. The smallest absolute Gasteiger partial charge is 0.403 e. The van der Waals surface area contributed by atoms with Crippen LogP contribution in [-0.4, -0.2) is 37.1 Å². The van der Waals surface area contributed by atoms with Gasteiger partial charge in [-0.1, -0.05) is 20.8 Å². The molecule has 0 aliphatic carbocycles. The summed E-state index contributed by atoms with van der Waals surface area (Å²) in [5, 5.41) is 0. The van der Waals surface area contributed by atoms with E-state index in [1.54, 1.807) is 0 Å². The molecule has 0 fully saturated rings. The van der Waals surface area contributed by atoms with Crippen LogP contribution < -0.4 is 0 Å². The zero-order valence-corrected chi connectivity index (χ0v) is 9.02. The molecule has 0 heterocycles. The molecule has 0 aromatic rings. The summed E-state index contributed by atoms with van der Waals surface area (Å²) in [5.41, 5.74) is -0.773. The van der Waals surface area contributed by atoms with Crippen LogP contribution in [-0.2, 0) is 4.74 Å². The molecule has 3 nitrogen and oxygen atoms in total. The van der Waals surface area contributed by atoms with Crippen LogP contribution in [0.25, 0.3) is 0 Å². The average Bonchev–Trinajstić information content (AvgIpc) is 2.09. The Morgan fingerprint density at radius 3 is 1.50 bits per heavy atom. The molecule has 0 aromatic carbocycles. The number of methoxy groups -OCH3 is 1. The van der Waals surface area contributed by atoms with Crippen LogP contribution in [0.15, 0.2) is 0 Å². The summed E-state index contributed by atoms with van der Waals surface area (Å²) < 4.78 is 3.88. The first-order valence-electron chi connectivity index (χ1n) is 4.08. The molecule has 0 aliphatic heterocycles. The minimum absolute atomic E-state index is 0.773. The van der Waals surface area contributed by atoms with Crippen LogP contribution >= 0.6 is 11.6 Å². The lowest BCUT2D eigenvalue weighted by Gasteiger charge is -2.13. The fourth-order valence-corrected chi connectivity index (χ4v) is 0.671. The maximum Gasteiger partial charge on any atom is 0.403 e. The number of carbonyl (C=O) groups excluding carboxylic acids is 1. The minimum Gasteiger partial charge on any atom is -0.457 e. The zero-order chi connectivity index (χ0) is 9.98. The molecule has 0 amide bonds. The third-order valence-corrected chi connectivity index (χ3v) is 1.66. The van der Waals surface area contributed by atoms with E-state index in [4.69, 9.17) is 0 Å². The van der Waals surface area contributed by atoms with E-state index in [2.05, 4.69) is 42.0 Å². The molecular formula is C8H18ClNO2. The predicted molar refractivity (Wildman–Crippen MR) is 51.7 cm³/mol. The second kappa shape index (κ2) is 10.7. The van der Waals surface area contributed by atoms with Crippen molar-refractivity contribution in [3.05, 3.63) is 0 Å². The van der Waals surface area contributed by atoms with Gasteiger partial charge in [-0.3, -0.25) is 0 Å². The summed E-state index contributed by atoms with van der Waals surface area (Å²) in [7, 11) is 1.22. The molecule has 0 bridgehead atoms. The molecule has 4 heteroatoms. The van der Waals surface area contributed by atoms with Gasteiger partial charge in [0.05, 0.1) is 7.11 Å². The maximum atomic E-state index is 9.36. The third kappa shape index (κ3) is 12.4. The number of nitrogens with zero attached hydrogens (tertiary/aromatic N) is 1. The Morgan fingerprint density at radius 2 is 1.50 bits per heavy atom. The molecule has 0 rings (SSSR count). The first-order chi connectivity index (χ1) is 5.62. The van der Waals surface area contributed by atoms with Gasteiger partial charge in [-0.2, -0.15) is 0 Å². The van der Waals surface area contributed by atoms with Gasteiger partial charge in [0.15, 0.2) is 0 Å². The van der Waals surface area contributed by atoms with E-state index in [1.165, 1.54) is 26.7 Å². The van der Waals surface area contributed by atoms with Gasteiger partial charge >= 0.3 is 5.43 Å². The summed E-state index contributed by atoms with van der Waals surface area (Å²) in [5.74, 6) is 0. The maximum absolute atomic E-state index is 9.36. The molecule has 12 heavy (non-hydrogen) atoms. The van der Waals surface area contributed by atoms with E-state index in [0.29, 0.717) is 0 Å². The lowest BCUT2D eigenvalue weighted by molar-refractivity contribution is 0.198. The Morgan fingerprint density at radius 1 is 1.25 bits per heavy atom. The summed E-state index contributed by atoms with van der Waals surface area (Å²) in [4.78, 5) is 11.7. The number of rotatable bonds is 3.